The highest BCUT2D eigenvalue weighted by molar-refractivity contribution is 5.17. The van der Waals surface area contributed by atoms with Crippen molar-refractivity contribution < 1.29 is 17.9 Å². The van der Waals surface area contributed by atoms with Gasteiger partial charge in [0.2, 0.25) is 5.88 Å². The van der Waals surface area contributed by atoms with E-state index in [4.69, 9.17) is 0 Å². The molecular formula is C9H10F3NO. The van der Waals surface area contributed by atoms with Crippen molar-refractivity contribution >= 4 is 0 Å². The fourth-order valence-electron chi connectivity index (χ4n) is 0.928. The molecular weight excluding hydrogens is 195 g/mol. The Kier molecular flexibility index (Phi) is 2.98. The van der Waals surface area contributed by atoms with Crippen LogP contribution >= 0.6 is 0 Å². The minimum absolute atomic E-state index is 0.0757. The summed E-state index contributed by atoms with van der Waals surface area (Å²) in [7, 11) is 0. The van der Waals surface area contributed by atoms with Gasteiger partial charge >= 0.3 is 6.36 Å². The molecule has 0 fully saturated rings. The van der Waals surface area contributed by atoms with Crippen LogP contribution in [0.5, 0.6) is 5.88 Å². The lowest BCUT2D eigenvalue weighted by molar-refractivity contribution is -0.276. The molecule has 1 heterocycles. The first kappa shape index (κ1) is 10.8. The predicted octanol–water partition coefficient (Wildman–Crippen LogP) is 3.10. The van der Waals surface area contributed by atoms with Gasteiger partial charge in [-0.15, -0.1) is 13.2 Å². The molecule has 0 aromatic carbocycles. The highest BCUT2D eigenvalue weighted by Crippen LogP contribution is 2.22. The molecule has 0 aliphatic rings. The summed E-state index contributed by atoms with van der Waals surface area (Å²) < 4.78 is 39.1. The first-order valence-electron chi connectivity index (χ1n) is 4.11. The molecule has 1 rings (SSSR count). The molecule has 0 aliphatic carbocycles. The largest absolute Gasteiger partial charge is 0.574 e. The number of ether oxygens (including phenoxy) is 1. The van der Waals surface area contributed by atoms with Gasteiger partial charge in [-0.05, 0) is 12.0 Å². The van der Waals surface area contributed by atoms with Gasteiger partial charge in [0.1, 0.15) is 0 Å². The number of aromatic nitrogens is 1. The summed E-state index contributed by atoms with van der Waals surface area (Å²) >= 11 is 0. The highest BCUT2D eigenvalue weighted by atomic mass is 19.4. The monoisotopic (exact) mass is 205 g/mol. The summed E-state index contributed by atoms with van der Waals surface area (Å²) in [4.78, 5) is 3.72. The topological polar surface area (TPSA) is 22.1 Å². The van der Waals surface area contributed by atoms with Gasteiger partial charge in [-0.25, -0.2) is 4.98 Å². The van der Waals surface area contributed by atoms with Gasteiger partial charge in [-0.1, -0.05) is 19.9 Å². The second kappa shape index (κ2) is 3.86. The van der Waals surface area contributed by atoms with Crippen LogP contribution in [-0.4, -0.2) is 11.3 Å². The fraction of sp³-hybridized carbons (Fsp3) is 0.444. The second-order valence-corrected chi connectivity index (χ2v) is 3.10. The highest BCUT2D eigenvalue weighted by Gasteiger charge is 2.31. The lowest BCUT2D eigenvalue weighted by Crippen LogP contribution is -2.18. The van der Waals surface area contributed by atoms with E-state index in [1.54, 1.807) is 6.07 Å². The number of nitrogens with zero attached hydrogens (tertiary/aromatic N) is 1. The van der Waals surface area contributed by atoms with Crippen LogP contribution in [0.25, 0.3) is 0 Å². The quantitative estimate of drug-likeness (QED) is 0.740. The average molecular weight is 205 g/mol. The van der Waals surface area contributed by atoms with Crippen LogP contribution in [0, 0.1) is 0 Å². The van der Waals surface area contributed by atoms with E-state index >= 15 is 0 Å². The van der Waals surface area contributed by atoms with Crippen molar-refractivity contribution in [3.63, 3.8) is 0 Å². The summed E-state index contributed by atoms with van der Waals surface area (Å²) in [5.41, 5.74) is 0.576. The fourth-order valence-corrected chi connectivity index (χ4v) is 0.928. The molecule has 0 saturated carbocycles. The normalized spacial score (nSPS) is 11.9. The Labute approximate surface area is 79.7 Å². The number of halogens is 3. The predicted molar refractivity (Wildman–Crippen MR) is 45.0 cm³/mol. The third kappa shape index (κ3) is 3.24. The van der Waals surface area contributed by atoms with Gasteiger partial charge in [0.25, 0.3) is 0 Å². The second-order valence-electron chi connectivity index (χ2n) is 3.10. The first-order valence-corrected chi connectivity index (χ1v) is 4.11. The minimum atomic E-state index is -4.68. The molecule has 0 N–H and O–H groups in total. The van der Waals surface area contributed by atoms with Crippen LogP contribution in [0.15, 0.2) is 18.2 Å². The molecule has 1 aromatic rings. The Hall–Kier alpha value is -1.26. The maximum Gasteiger partial charge on any atom is 0.574 e. The zero-order valence-electron chi connectivity index (χ0n) is 7.80. The minimum Gasteiger partial charge on any atom is -0.388 e. The van der Waals surface area contributed by atoms with Gasteiger partial charge in [0.05, 0.1) is 0 Å². The summed E-state index contributed by atoms with van der Waals surface area (Å²) in [6.45, 7) is 3.69. The Balaban J connectivity index is 2.84. The number of hydrogen-bond acceptors (Lipinski definition) is 2. The lowest BCUT2D eigenvalue weighted by atomic mass is 10.1. The van der Waals surface area contributed by atoms with E-state index in [0.717, 1.165) is 0 Å². The van der Waals surface area contributed by atoms with Crippen molar-refractivity contribution in [3.05, 3.63) is 23.9 Å². The molecule has 0 saturated heterocycles. The smallest absolute Gasteiger partial charge is 0.388 e. The van der Waals surface area contributed by atoms with Gasteiger partial charge in [0, 0.05) is 11.8 Å². The Morgan fingerprint density at radius 2 is 1.93 bits per heavy atom. The Morgan fingerprint density at radius 1 is 1.29 bits per heavy atom. The molecule has 2 nitrogen and oxygen atoms in total. The van der Waals surface area contributed by atoms with Crippen molar-refractivity contribution in [1.29, 1.82) is 0 Å². The van der Waals surface area contributed by atoms with Crippen molar-refractivity contribution in [1.82, 2.24) is 4.98 Å². The maximum absolute atomic E-state index is 11.8. The van der Waals surface area contributed by atoms with E-state index in [9.17, 15) is 13.2 Å². The van der Waals surface area contributed by atoms with E-state index in [2.05, 4.69) is 9.72 Å². The molecule has 5 heteroatoms. The SMILES string of the molecule is CC(C)c1cccc(OC(F)(F)F)n1. The van der Waals surface area contributed by atoms with Crippen LogP contribution in [0.2, 0.25) is 0 Å². The van der Waals surface area contributed by atoms with Crippen LogP contribution in [0.1, 0.15) is 25.5 Å². The molecule has 0 bridgehead atoms. The zero-order chi connectivity index (χ0) is 10.8. The van der Waals surface area contributed by atoms with Crippen LogP contribution in [0.4, 0.5) is 13.2 Å². The van der Waals surface area contributed by atoms with Crippen molar-refractivity contribution in [2.24, 2.45) is 0 Å². The Bertz CT molecular complexity index is 309. The van der Waals surface area contributed by atoms with Gasteiger partial charge in [-0.2, -0.15) is 0 Å². The van der Waals surface area contributed by atoms with Crippen LogP contribution in [-0.2, 0) is 0 Å². The average Bonchev–Trinajstić information content (AvgIpc) is 2.01. The van der Waals surface area contributed by atoms with E-state index in [0.29, 0.717) is 5.69 Å². The third-order valence-electron chi connectivity index (χ3n) is 1.56. The molecule has 0 atom stereocenters. The van der Waals surface area contributed by atoms with Crippen molar-refractivity contribution in [3.8, 4) is 5.88 Å². The number of pyridine rings is 1. The van der Waals surface area contributed by atoms with E-state index in [-0.39, 0.29) is 5.92 Å². The van der Waals surface area contributed by atoms with Gasteiger partial charge in [0.15, 0.2) is 0 Å². The van der Waals surface area contributed by atoms with Crippen molar-refractivity contribution in [2.75, 3.05) is 0 Å². The van der Waals surface area contributed by atoms with E-state index in [1.165, 1.54) is 12.1 Å². The molecule has 0 amide bonds. The molecule has 0 aliphatic heterocycles. The molecule has 1 aromatic heterocycles. The summed E-state index contributed by atoms with van der Waals surface area (Å²) in [5.74, 6) is -0.338. The number of alkyl halides is 3. The van der Waals surface area contributed by atoms with Crippen LogP contribution < -0.4 is 4.74 Å². The summed E-state index contributed by atoms with van der Waals surface area (Å²) in [6, 6.07) is 4.33. The van der Waals surface area contributed by atoms with Gasteiger partial charge < -0.3 is 4.74 Å². The summed E-state index contributed by atoms with van der Waals surface area (Å²) in [5, 5.41) is 0. The van der Waals surface area contributed by atoms with E-state index in [1.807, 2.05) is 13.8 Å². The van der Waals surface area contributed by atoms with Crippen molar-refractivity contribution in [2.45, 2.75) is 26.1 Å². The molecule has 78 valence electrons. The molecule has 0 radical (unpaired) electrons. The zero-order valence-corrected chi connectivity index (χ0v) is 7.80. The molecule has 0 spiro atoms. The lowest BCUT2D eigenvalue weighted by Gasteiger charge is -2.10. The molecule has 14 heavy (non-hydrogen) atoms. The standard InChI is InChI=1S/C9H10F3NO/c1-6(2)7-4-3-5-8(13-7)14-9(10,11)12/h3-6H,1-2H3. The third-order valence-corrected chi connectivity index (χ3v) is 1.56. The van der Waals surface area contributed by atoms with Crippen LogP contribution in [0.3, 0.4) is 0 Å². The molecule has 0 unspecified atom stereocenters. The summed E-state index contributed by atoms with van der Waals surface area (Å²) in [6.07, 6.45) is -4.68. The maximum atomic E-state index is 11.8. The Morgan fingerprint density at radius 3 is 2.43 bits per heavy atom. The number of rotatable bonds is 2. The first-order chi connectivity index (χ1) is 6.38. The van der Waals surface area contributed by atoms with E-state index < -0.39 is 12.2 Å². The number of hydrogen-bond donors (Lipinski definition) is 0. The van der Waals surface area contributed by atoms with Gasteiger partial charge in [-0.3, -0.25) is 0 Å².